The summed E-state index contributed by atoms with van der Waals surface area (Å²) >= 11 is 0. The monoisotopic (exact) mass is 370 g/mol. The zero-order valence-corrected chi connectivity index (χ0v) is 15.8. The zero-order chi connectivity index (χ0) is 19.7. The maximum atomic E-state index is 12.8. The topological polar surface area (TPSA) is 89.7 Å². The Morgan fingerprint density at radius 1 is 1.15 bits per heavy atom. The first-order valence-electron chi connectivity index (χ1n) is 8.86. The van der Waals surface area contributed by atoms with Crippen molar-refractivity contribution >= 4 is 17.8 Å². The third-order valence-corrected chi connectivity index (χ3v) is 4.64. The van der Waals surface area contributed by atoms with Gasteiger partial charge in [0.2, 0.25) is 0 Å². The molecule has 0 unspecified atom stereocenters. The van der Waals surface area contributed by atoms with Gasteiger partial charge in [0.15, 0.2) is 0 Å². The Morgan fingerprint density at radius 3 is 2.22 bits per heavy atom. The van der Waals surface area contributed by atoms with Gasteiger partial charge in [0.05, 0.1) is 22.4 Å². The summed E-state index contributed by atoms with van der Waals surface area (Å²) in [5.74, 6) is -0.878. The Labute approximate surface area is 157 Å². The number of hydrogen-bond acceptors (Lipinski definition) is 6. The average Bonchev–Trinajstić information content (AvgIpc) is 3.08. The Balaban J connectivity index is 1.83. The number of ether oxygens (including phenoxy) is 1. The second kappa shape index (κ2) is 7.34. The minimum atomic E-state index is -0.974. The molecule has 0 fully saturated rings. The number of aryl methyl sites for hydroxylation is 2. The third-order valence-electron chi connectivity index (χ3n) is 4.64. The first kappa shape index (κ1) is 18.8. The van der Waals surface area contributed by atoms with E-state index in [2.05, 4.69) is 5.16 Å². The minimum absolute atomic E-state index is 0.0161. The van der Waals surface area contributed by atoms with E-state index in [0.29, 0.717) is 34.6 Å². The van der Waals surface area contributed by atoms with E-state index in [1.54, 1.807) is 38.1 Å². The summed E-state index contributed by atoms with van der Waals surface area (Å²) in [5, 5.41) is 3.83. The minimum Gasteiger partial charge on any atom is -0.459 e. The van der Waals surface area contributed by atoms with Crippen LogP contribution in [0.3, 0.4) is 0 Å². The van der Waals surface area contributed by atoms with Gasteiger partial charge in [0.25, 0.3) is 11.8 Å². The maximum Gasteiger partial charge on any atom is 0.329 e. The normalized spacial score (nSPS) is 14.6. The predicted molar refractivity (Wildman–Crippen MR) is 96.0 cm³/mol. The van der Waals surface area contributed by atoms with Crippen molar-refractivity contribution in [1.82, 2.24) is 10.1 Å². The number of esters is 1. The second-order valence-corrected chi connectivity index (χ2v) is 7.08. The van der Waals surface area contributed by atoms with Gasteiger partial charge < -0.3 is 9.26 Å². The Kier molecular flexibility index (Phi) is 5.12. The van der Waals surface area contributed by atoms with Crippen molar-refractivity contribution in [2.75, 3.05) is 0 Å². The fraction of sp³-hybridized carbons (Fsp3) is 0.400. The van der Waals surface area contributed by atoms with Crippen LogP contribution in [0.15, 0.2) is 28.8 Å². The van der Waals surface area contributed by atoms with Crippen LogP contribution in [0.25, 0.3) is 0 Å². The molecule has 1 atom stereocenters. The largest absolute Gasteiger partial charge is 0.459 e. The summed E-state index contributed by atoms with van der Waals surface area (Å²) in [6, 6.07) is 5.61. The van der Waals surface area contributed by atoms with E-state index in [9.17, 15) is 14.4 Å². The van der Waals surface area contributed by atoms with Crippen LogP contribution >= 0.6 is 0 Å². The van der Waals surface area contributed by atoms with Gasteiger partial charge in [-0.2, -0.15) is 0 Å². The van der Waals surface area contributed by atoms with Gasteiger partial charge in [-0.3, -0.25) is 14.5 Å². The molecular weight excluding hydrogens is 348 g/mol. The van der Waals surface area contributed by atoms with Crippen LogP contribution in [-0.4, -0.2) is 33.9 Å². The summed E-state index contributed by atoms with van der Waals surface area (Å²) in [4.78, 5) is 39.3. The smallest absolute Gasteiger partial charge is 0.329 e. The van der Waals surface area contributed by atoms with E-state index in [4.69, 9.17) is 9.26 Å². The lowest BCUT2D eigenvalue weighted by Gasteiger charge is -2.26. The molecule has 1 aromatic carbocycles. The summed E-state index contributed by atoms with van der Waals surface area (Å²) in [6.45, 7) is 7.33. The molecule has 0 saturated carbocycles. The number of fused-ring (bicyclic) bond motifs is 1. The predicted octanol–water partition coefficient (Wildman–Crippen LogP) is 3.05. The van der Waals surface area contributed by atoms with Crippen LogP contribution in [0.2, 0.25) is 0 Å². The van der Waals surface area contributed by atoms with Crippen molar-refractivity contribution in [2.45, 2.75) is 46.8 Å². The molecule has 2 heterocycles. The van der Waals surface area contributed by atoms with Crippen molar-refractivity contribution in [2.24, 2.45) is 5.92 Å². The Morgan fingerprint density at radius 2 is 1.74 bits per heavy atom. The Bertz CT molecular complexity index is 845. The van der Waals surface area contributed by atoms with Crippen molar-refractivity contribution in [3.63, 3.8) is 0 Å². The number of hydrogen-bond donors (Lipinski definition) is 0. The lowest BCUT2D eigenvalue weighted by molar-refractivity contribution is -0.150. The number of carbonyl (C=O) groups is 3. The fourth-order valence-corrected chi connectivity index (χ4v) is 3.19. The number of imide groups is 1. The van der Waals surface area contributed by atoms with Crippen LogP contribution in [0, 0.1) is 19.8 Å². The fourth-order valence-electron chi connectivity index (χ4n) is 3.19. The van der Waals surface area contributed by atoms with E-state index in [1.807, 2.05) is 13.8 Å². The van der Waals surface area contributed by atoms with Crippen molar-refractivity contribution in [3.05, 3.63) is 52.4 Å². The highest BCUT2D eigenvalue weighted by atomic mass is 16.5. The van der Waals surface area contributed by atoms with Crippen molar-refractivity contribution in [1.29, 1.82) is 0 Å². The number of rotatable bonds is 6. The number of carbonyl (C=O) groups excluding carboxylic acids is 3. The van der Waals surface area contributed by atoms with Crippen LogP contribution < -0.4 is 0 Å². The van der Waals surface area contributed by atoms with E-state index in [-0.39, 0.29) is 12.5 Å². The number of benzene rings is 1. The molecule has 142 valence electrons. The van der Waals surface area contributed by atoms with Gasteiger partial charge in [-0.1, -0.05) is 31.1 Å². The van der Waals surface area contributed by atoms with Crippen LogP contribution in [0.5, 0.6) is 0 Å². The van der Waals surface area contributed by atoms with Gasteiger partial charge in [0, 0.05) is 0 Å². The van der Waals surface area contributed by atoms with Gasteiger partial charge in [-0.25, -0.2) is 4.79 Å². The molecule has 0 radical (unpaired) electrons. The molecule has 0 bridgehead atoms. The standard InChI is InChI=1S/C20H22N2O5/c1-11(2)9-17(20(25)26-10-16-12(3)21-27-13(16)4)22-18(23)14-7-5-6-8-15(14)19(22)24/h5-8,11,17H,9-10H2,1-4H3/t17-/m1/s1. The van der Waals surface area contributed by atoms with Crippen molar-refractivity contribution < 1.29 is 23.6 Å². The molecule has 1 aromatic heterocycles. The van der Waals surface area contributed by atoms with Gasteiger partial charge >= 0.3 is 5.97 Å². The van der Waals surface area contributed by atoms with E-state index < -0.39 is 23.8 Å². The van der Waals surface area contributed by atoms with E-state index in [0.717, 1.165) is 4.90 Å². The van der Waals surface area contributed by atoms with Crippen LogP contribution in [0.4, 0.5) is 0 Å². The first-order chi connectivity index (χ1) is 12.8. The third kappa shape index (κ3) is 3.49. The molecule has 0 N–H and O–H groups in total. The lowest BCUT2D eigenvalue weighted by Crippen LogP contribution is -2.46. The highest BCUT2D eigenvalue weighted by molar-refractivity contribution is 6.22. The molecule has 0 spiro atoms. The molecule has 7 nitrogen and oxygen atoms in total. The second-order valence-electron chi connectivity index (χ2n) is 7.08. The van der Waals surface area contributed by atoms with Crippen molar-refractivity contribution in [3.8, 4) is 0 Å². The average molecular weight is 370 g/mol. The highest BCUT2D eigenvalue weighted by Gasteiger charge is 2.43. The molecule has 7 heteroatoms. The summed E-state index contributed by atoms with van der Waals surface area (Å²) in [5.41, 5.74) is 1.96. The van der Waals surface area contributed by atoms with Gasteiger partial charge in [0.1, 0.15) is 18.4 Å². The first-order valence-corrected chi connectivity index (χ1v) is 8.86. The quantitative estimate of drug-likeness (QED) is 0.573. The molecule has 0 saturated heterocycles. The van der Waals surface area contributed by atoms with Gasteiger partial charge in [-0.15, -0.1) is 0 Å². The molecule has 2 amide bonds. The molecule has 0 aliphatic carbocycles. The zero-order valence-electron chi connectivity index (χ0n) is 15.8. The Hall–Kier alpha value is -2.96. The molecule has 27 heavy (non-hydrogen) atoms. The number of amides is 2. The number of aromatic nitrogens is 1. The molecule has 1 aliphatic heterocycles. The molecule has 3 rings (SSSR count). The summed E-state index contributed by atoms with van der Waals surface area (Å²) in [7, 11) is 0. The van der Waals surface area contributed by atoms with Crippen LogP contribution in [-0.2, 0) is 16.1 Å². The SMILES string of the molecule is Cc1noc(C)c1COC(=O)[C@@H](CC(C)C)N1C(=O)c2ccccc2C1=O. The van der Waals surface area contributed by atoms with E-state index >= 15 is 0 Å². The molecule has 1 aliphatic rings. The maximum absolute atomic E-state index is 12.8. The molecule has 2 aromatic rings. The summed E-state index contributed by atoms with van der Waals surface area (Å²) < 4.78 is 10.5. The van der Waals surface area contributed by atoms with E-state index in [1.165, 1.54) is 0 Å². The van der Waals surface area contributed by atoms with Gasteiger partial charge in [-0.05, 0) is 38.3 Å². The lowest BCUT2D eigenvalue weighted by atomic mass is 10.0. The van der Waals surface area contributed by atoms with Crippen LogP contribution in [0.1, 0.15) is 58.0 Å². The number of nitrogens with zero attached hydrogens (tertiary/aromatic N) is 2. The molecular formula is C20H22N2O5. The summed E-state index contributed by atoms with van der Waals surface area (Å²) in [6.07, 6.45) is 0.325. The highest BCUT2D eigenvalue weighted by Crippen LogP contribution is 2.27.